The number of carbonyl (C=O) groups is 1. The van der Waals surface area contributed by atoms with Crippen LogP contribution >= 0.6 is 23.1 Å². The molecule has 0 aliphatic carbocycles. The van der Waals surface area contributed by atoms with Crippen molar-refractivity contribution in [1.29, 1.82) is 5.26 Å². The first-order valence-corrected chi connectivity index (χ1v) is 11.2. The van der Waals surface area contributed by atoms with E-state index in [2.05, 4.69) is 26.3 Å². The highest BCUT2D eigenvalue weighted by Gasteiger charge is 2.18. The largest absolute Gasteiger partial charge is 0.350 e. The Morgan fingerprint density at radius 1 is 1.10 bits per heavy atom. The Labute approximate surface area is 182 Å². The highest BCUT2D eigenvalue weighted by Crippen LogP contribution is 2.30. The summed E-state index contributed by atoms with van der Waals surface area (Å²) in [5.74, 6) is 1.18. The van der Waals surface area contributed by atoms with Gasteiger partial charge in [0.2, 0.25) is 0 Å². The van der Waals surface area contributed by atoms with Gasteiger partial charge in [-0.3, -0.25) is 4.79 Å². The Morgan fingerprint density at radius 2 is 1.90 bits per heavy atom. The molecule has 2 aromatic carbocycles. The maximum atomic E-state index is 12.7. The van der Waals surface area contributed by atoms with E-state index in [1.807, 2.05) is 48.5 Å². The number of hydrogen-bond donors (Lipinski definition) is 1. The van der Waals surface area contributed by atoms with Gasteiger partial charge in [0.05, 0.1) is 21.8 Å². The van der Waals surface area contributed by atoms with E-state index in [9.17, 15) is 4.79 Å². The summed E-state index contributed by atoms with van der Waals surface area (Å²) in [6, 6.07) is 17.6. The number of rotatable bonds is 7. The number of hydrogen-bond acceptors (Lipinski definition) is 7. The third-order valence-electron chi connectivity index (χ3n) is 4.34. The zero-order chi connectivity index (χ0) is 20.8. The van der Waals surface area contributed by atoms with Crippen molar-refractivity contribution in [3.05, 3.63) is 77.7 Å². The first-order chi connectivity index (χ1) is 14.8. The number of fused-ring (bicyclic) bond motifs is 1. The molecule has 0 radical (unpaired) electrons. The second-order valence-electron chi connectivity index (χ2n) is 6.32. The van der Waals surface area contributed by atoms with Crippen molar-refractivity contribution in [3.63, 3.8) is 0 Å². The maximum absolute atomic E-state index is 12.7. The van der Waals surface area contributed by atoms with Crippen LogP contribution < -0.4 is 5.32 Å². The lowest BCUT2D eigenvalue weighted by atomic mass is 10.1. The van der Waals surface area contributed by atoms with Gasteiger partial charge in [0.1, 0.15) is 10.7 Å². The van der Waals surface area contributed by atoms with Crippen molar-refractivity contribution in [3.8, 4) is 16.8 Å². The van der Waals surface area contributed by atoms with Gasteiger partial charge in [-0.25, -0.2) is 15.0 Å². The molecule has 1 amide bonds. The standard InChI is InChI=1S/C22H17N5OS2/c23-13-15-5-1-2-6-16(15)14-29-12-11-26-21(28)19-20(25-10-9-24-19)22-27-17-7-3-4-8-18(17)30-22/h1-10H,11-12,14H2,(H,26,28). The summed E-state index contributed by atoms with van der Waals surface area (Å²) in [5.41, 5.74) is 3.34. The predicted molar refractivity (Wildman–Crippen MR) is 120 cm³/mol. The van der Waals surface area contributed by atoms with E-state index < -0.39 is 0 Å². The molecular weight excluding hydrogens is 414 g/mol. The summed E-state index contributed by atoms with van der Waals surface area (Å²) in [7, 11) is 0. The van der Waals surface area contributed by atoms with E-state index in [1.165, 1.54) is 17.5 Å². The van der Waals surface area contributed by atoms with E-state index in [-0.39, 0.29) is 11.6 Å². The molecule has 148 valence electrons. The Bertz CT molecular complexity index is 1200. The van der Waals surface area contributed by atoms with Gasteiger partial charge in [-0.2, -0.15) is 17.0 Å². The van der Waals surface area contributed by atoms with Crippen LogP contribution in [-0.2, 0) is 5.75 Å². The van der Waals surface area contributed by atoms with Crippen molar-refractivity contribution in [2.24, 2.45) is 0 Å². The highest BCUT2D eigenvalue weighted by molar-refractivity contribution is 7.98. The Hall–Kier alpha value is -3.28. The van der Waals surface area contributed by atoms with Gasteiger partial charge in [-0.15, -0.1) is 11.3 Å². The van der Waals surface area contributed by atoms with Crippen LogP contribution in [0.15, 0.2) is 60.9 Å². The lowest BCUT2D eigenvalue weighted by molar-refractivity contribution is 0.0951. The fourth-order valence-electron chi connectivity index (χ4n) is 2.89. The molecule has 30 heavy (non-hydrogen) atoms. The Kier molecular flexibility index (Phi) is 6.32. The zero-order valence-corrected chi connectivity index (χ0v) is 17.5. The molecule has 0 fully saturated rings. The van der Waals surface area contributed by atoms with Crippen LogP contribution in [0.3, 0.4) is 0 Å². The molecule has 1 N–H and O–H groups in total. The third kappa shape index (κ3) is 4.48. The van der Waals surface area contributed by atoms with Crippen molar-refractivity contribution < 1.29 is 4.79 Å². The first kappa shape index (κ1) is 20.0. The number of nitriles is 1. The van der Waals surface area contributed by atoms with Gasteiger partial charge in [0, 0.05) is 30.4 Å². The minimum atomic E-state index is -0.268. The maximum Gasteiger partial charge on any atom is 0.272 e. The fraction of sp³-hybridized carbons (Fsp3) is 0.136. The minimum absolute atomic E-state index is 0.268. The average molecular weight is 432 g/mol. The summed E-state index contributed by atoms with van der Waals surface area (Å²) < 4.78 is 1.04. The normalized spacial score (nSPS) is 10.6. The monoisotopic (exact) mass is 431 g/mol. The summed E-state index contributed by atoms with van der Waals surface area (Å²) in [6.45, 7) is 0.494. The number of nitrogens with zero attached hydrogens (tertiary/aromatic N) is 4. The molecule has 2 aromatic heterocycles. The molecule has 2 heterocycles. The van der Waals surface area contributed by atoms with Crippen LogP contribution in [0, 0.1) is 11.3 Å². The number of amides is 1. The molecule has 0 saturated heterocycles. The first-order valence-electron chi connectivity index (χ1n) is 9.27. The topological polar surface area (TPSA) is 91.6 Å². The van der Waals surface area contributed by atoms with Crippen LogP contribution in [0.5, 0.6) is 0 Å². The van der Waals surface area contributed by atoms with Crippen molar-refractivity contribution >= 4 is 39.2 Å². The third-order valence-corrected chi connectivity index (χ3v) is 6.39. The number of carbonyl (C=O) groups excluding carboxylic acids is 1. The predicted octanol–water partition coefficient (Wildman–Crippen LogP) is 4.29. The van der Waals surface area contributed by atoms with Gasteiger partial charge in [-0.1, -0.05) is 30.3 Å². The number of nitrogens with one attached hydrogen (secondary N) is 1. The van der Waals surface area contributed by atoms with E-state index in [4.69, 9.17) is 5.26 Å². The molecule has 0 unspecified atom stereocenters. The summed E-state index contributed by atoms with van der Waals surface area (Å²) in [5, 5.41) is 12.7. The van der Waals surface area contributed by atoms with Crippen molar-refractivity contribution in [2.75, 3.05) is 12.3 Å². The summed E-state index contributed by atoms with van der Waals surface area (Å²) in [4.78, 5) is 25.9. The molecular formula is C22H17N5OS2. The van der Waals surface area contributed by atoms with Gasteiger partial charge in [0.25, 0.3) is 5.91 Å². The number of thiazole rings is 1. The van der Waals surface area contributed by atoms with Gasteiger partial charge >= 0.3 is 0 Å². The highest BCUT2D eigenvalue weighted by atomic mass is 32.2. The number of para-hydroxylation sites is 1. The fourth-order valence-corrected chi connectivity index (χ4v) is 4.72. The lowest BCUT2D eigenvalue weighted by Crippen LogP contribution is -2.27. The SMILES string of the molecule is N#Cc1ccccc1CSCCNC(=O)c1nccnc1-c1nc2ccccc2s1. The molecule has 0 aliphatic heterocycles. The molecule has 0 aliphatic rings. The average Bonchev–Trinajstić information content (AvgIpc) is 3.23. The van der Waals surface area contributed by atoms with Gasteiger partial charge < -0.3 is 5.32 Å². The molecule has 0 saturated carbocycles. The Balaban J connectivity index is 1.38. The lowest BCUT2D eigenvalue weighted by Gasteiger charge is -2.07. The molecule has 0 spiro atoms. The van der Waals surface area contributed by atoms with Crippen LogP contribution in [0.2, 0.25) is 0 Å². The van der Waals surface area contributed by atoms with E-state index in [1.54, 1.807) is 18.0 Å². The second-order valence-corrected chi connectivity index (χ2v) is 8.45. The molecule has 6 nitrogen and oxygen atoms in total. The number of benzene rings is 2. The van der Waals surface area contributed by atoms with E-state index in [0.29, 0.717) is 22.8 Å². The molecule has 4 aromatic rings. The van der Waals surface area contributed by atoms with Crippen molar-refractivity contribution in [1.82, 2.24) is 20.3 Å². The van der Waals surface area contributed by atoms with Crippen LogP contribution in [0.25, 0.3) is 20.9 Å². The molecule has 4 rings (SSSR count). The van der Waals surface area contributed by atoms with Gasteiger partial charge in [0.15, 0.2) is 5.69 Å². The zero-order valence-electron chi connectivity index (χ0n) is 15.9. The second kappa shape index (κ2) is 9.48. The van der Waals surface area contributed by atoms with Crippen LogP contribution in [0.1, 0.15) is 21.6 Å². The minimum Gasteiger partial charge on any atom is -0.350 e. The van der Waals surface area contributed by atoms with Gasteiger partial charge in [-0.05, 0) is 23.8 Å². The van der Waals surface area contributed by atoms with Crippen LogP contribution in [0.4, 0.5) is 0 Å². The van der Waals surface area contributed by atoms with E-state index in [0.717, 1.165) is 27.3 Å². The van der Waals surface area contributed by atoms with Crippen molar-refractivity contribution in [2.45, 2.75) is 5.75 Å². The smallest absolute Gasteiger partial charge is 0.272 e. The van der Waals surface area contributed by atoms with E-state index >= 15 is 0 Å². The summed E-state index contributed by atoms with van der Waals surface area (Å²) in [6.07, 6.45) is 3.08. The molecule has 0 atom stereocenters. The molecule has 0 bridgehead atoms. The number of aromatic nitrogens is 3. The molecule has 8 heteroatoms. The Morgan fingerprint density at radius 3 is 2.77 bits per heavy atom. The van der Waals surface area contributed by atoms with Crippen LogP contribution in [-0.4, -0.2) is 33.2 Å². The quantitative estimate of drug-likeness (QED) is 0.439. The number of thioether (sulfide) groups is 1. The summed E-state index contributed by atoms with van der Waals surface area (Å²) >= 11 is 3.16.